The lowest BCUT2D eigenvalue weighted by atomic mass is 10.0. The van der Waals surface area contributed by atoms with Crippen molar-refractivity contribution in [2.75, 3.05) is 0 Å². The first-order valence-electron chi connectivity index (χ1n) is 4.96. The Bertz CT molecular complexity index is 460. The van der Waals surface area contributed by atoms with Crippen LogP contribution < -0.4 is 0 Å². The molecule has 1 aromatic rings. The van der Waals surface area contributed by atoms with Gasteiger partial charge in [-0.15, -0.1) is 0 Å². The molecule has 0 aliphatic heterocycles. The first-order chi connectivity index (χ1) is 7.68. The van der Waals surface area contributed by atoms with Crippen LogP contribution in [0.3, 0.4) is 0 Å². The van der Waals surface area contributed by atoms with Gasteiger partial charge in [-0.25, -0.2) is 0 Å². The van der Waals surface area contributed by atoms with Crippen LogP contribution in [0.15, 0.2) is 48.1 Å². The average molecular weight is 217 g/mol. The van der Waals surface area contributed by atoms with Crippen LogP contribution in [0.2, 0.25) is 0 Å². The van der Waals surface area contributed by atoms with Crippen molar-refractivity contribution in [3.63, 3.8) is 0 Å². The number of benzene rings is 1. The van der Waals surface area contributed by atoms with Crippen LogP contribution in [0.5, 0.6) is 0 Å². The molecule has 0 bridgehead atoms. The Morgan fingerprint density at radius 3 is 2.50 bits per heavy atom. The number of rotatable bonds is 3. The highest BCUT2D eigenvalue weighted by molar-refractivity contribution is 5.38. The van der Waals surface area contributed by atoms with Gasteiger partial charge in [0.2, 0.25) is 0 Å². The van der Waals surface area contributed by atoms with Crippen LogP contribution in [-0.4, -0.2) is 10.0 Å². The fraction of sp³-hybridized carbons (Fsp3) is 0.167. The molecule has 0 fully saturated rings. The van der Waals surface area contributed by atoms with Gasteiger partial charge in [0.1, 0.15) is 6.10 Å². The summed E-state index contributed by atoms with van der Waals surface area (Å²) in [5, 5.41) is 20.4. The van der Waals surface area contributed by atoms with E-state index in [0.717, 1.165) is 12.0 Å². The molecule has 1 aliphatic carbocycles. The molecule has 4 heteroatoms. The number of nitro benzene ring substituents is 1. The lowest BCUT2D eigenvalue weighted by Crippen LogP contribution is -2.00. The van der Waals surface area contributed by atoms with E-state index in [2.05, 4.69) is 0 Å². The molecule has 1 aromatic carbocycles. The van der Waals surface area contributed by atoms with Gasteiger partial charge in [-0.05, 0) is 29.7 Å². The lowest BCUT2D eigenvalue weighted by Gasteiger charge is -2.11. The molecule has 16 heavy (non-hydrogen) atoms. The van der Waals surface area contributed by atoms with Gasteiger partial charge in [0.25, 0.3) is 5.69 Å². The predicted octanol–water partition coefficient (Wildman–Crippen LogP) is 2.51. The Morgan fingerprint density at radius 1 is 1.31 bits per heavy atom. The van der Waals surface area contributed by atoms with Crippen molar-refractivity contribution >= 4 is 5.69 Å². The van der Waals surface area contributed by atoms with Gasteiger partial charge in [-0.3, -0.25) is 10.1 Å². The highest BCUT2D eigenvalue weighted by atomic mass is 16.6. The van der Waals surface area contributed by atoms with Crippen molar-refractivity contribution in [2.24, 2.45) is 0 Å². The van der Waals surface area contributed by atoms with Crippen molar-refractivity contribution in [2.45, 2.75) is 12.5 Å². The van der Waals surface area contributed by atoms with Crippen molar-refractivity contribution < 1.29 is 10.0 Å². The van der Waals surface area contributed by atoms with Crippen LogP contribution in [0.1, 0.15) is 18.1 Å². The molecule has 0 aromatic heterocycles. The zero-order valence-corrected chi connectivity index (χ0v) is 8.54. The molecule has 0 saturated heterocycles. The van der Waals surface area contributed by atoms with E-state index in [0.29, 0.717) is 5.56 Å². The standard InChI is InChI=1S/C12H11NO3/c14-12(9-3-1-2-4-9)10-5-7-11(8-6-10)13(15)16/h1-3,5-8,12,14H,4H2. The zero-order chi connectivity index (χ0) is 11.5. The van der Waals surface area contributed by atoms with E-state index in [1.54, 1.807) is 12.1 Å². The summed E-state index contributed by atoms with van der Waals surface area (Å²) in [6, 6.07) is 5.98. The first-order valence-corrected chi connectivity index (χ1v) is 4.96. The largest absolute Gasteiger partial charge is 0.384 e. The van der Waals surface area contributed by atoms with Crippen molar-refractivity contribution in [1.29, 1.82) is 0 Å². The third-order valence-electron chi connectivity index (χ3n) is 2.57. The summed E-state index contributed by atoms with van der Waals surface area (Å²) in [6.45, 7) is 0. The fourth-order valence-corrected chi connectivity index (χ4v) is 1.66. The van der Waals surface area contributed by atoms with Gasteiger partial charge in [-0.1, -0.05) is 18.2 Å². The molecule has 0 radical (unpaired) electrons. The molecule has 2 rings (SSSR count). The van der Waals surface area contributed by atoms with Crippen molar-refractivity contribution in [1.82, 2.24) is 0 Å². The highest BCUT2D eigenvalue weighted by Crippen LogP contribution is 2.28. The number of hydrogen-bond acceptors (Lipinski definition) is 3. The van der Waals surface area contributed by atoms with E-state index in [1.165, 1.54) is 12.1 Å². The quantitative estimate of drug-likeness (QED) is 0.625. The molecule has 1 unspecified atom stereocenters. The molecule has 4 nitrogen and oxygen atoms in total. The first kappa shape index (κ1) is 10.6. The van der Waals surface area contributed by atoms with Crippen LogP contribution in [0.25, 0.3) is 0 Å². The topological polar surface area (TPSA) is 63.4 Å². The lowest BCUT2D eigenvalue weighted by molar-refractivity contribution is -0.384. The van der Waals surface area contributed by atoms with E-state index < -0.39 is 11.0 Å². The Morgan fingerprint density at radius 2 is 2.00 bits per heavy atom. The van der Waals surface area contributed by atoms with Crippen molar-refractivity contribution in [3.8, 4) is 0 Å². The predicted molar refractivity (Wildman–Crippen MR) is 59.9 cm³/mol. The molecule has 0 heterocycles. The van der Waals surface area contributed by atoms with E-state index in [4.69, 9.17) is 0 Å². The molecular formula is C12H11NO3. The molecule has 1 aliphatic rings. The number of non-ortho nitro benzene ring substituents is 1. The molecule has 1 atom stereocenters. The van der Waals surface area contributed by atoms with Gasteiger partial charge >= 0.3 is 0 Å². The second-order valence-electron chi connectivity index (χ2n) is 3.63. The maximum atomic E-state index is 10.5. The SMILES string of the molecule is O=[N+]([O-])c1ccc(C(O)C2=CC=CC2)cc1. The summed E-state index contributed by atoms with van der Waals surface area (Å²) in [5.41, 5.74) is 1.63. The normalized spacial score (nSPS) is 15.9. The molecule has 1 N–H and O–H groups in total. The second-order valence-corrected chi connectivity index (χ2v) is 3.63. The van der Waals surface area contributed by atoms with Gasteiger partial charge in [0, 0.05) is 12.1 Å². The number of nitrogens with zero attached hydrogens (tertiary/aromatic N) is 1. The van der Waals surface area contributed by atoms with E-state index in [-0.39, 0.29) is 5.69 Å². The van der Waals surface area contributed by atoms with Gasteiger partial charge in [0.15, 0.2) is 0 Å². The van der Waals surface area contributed by atoms with Crippen LogP contribution in [-0.2, 0) is 0 Å². The van der Waals surface area contributed by atoms with Gasteiger partial charge in [-0.2, -0.15) is 0 Å². The summed E-state index contributed by atoms with van der Waals surface area (Å²) >= 11 is 0. The minimum Gasteiger partial charge on any atom is -0.384 e. The van der Waals surface area contributed by atoms with Gasteiger partial charge in [0.05, 0.1) is 4.92 Å². The fourth-order valence-electron chi connectivity index (χ4n) is 1.66. The van der Waals surface area contributed by atoms with Crippen LogP contribution in [0, 0.1) is 10.1 Å². The van der Waals surface area contributed by atoms with Crippen LogP contribution in [0.4, 0.5) is 5.69 Å². The minimum atomic E-state index is -0.671. The average Bonchev–Trinajstić information content (AvgIpc) is 2.81. The molecule has 0 spiro atoms. The highest BCUT2D eigenvalue weighted by Gasteiger charge is 2.15. The minimum absolute atomic E-state index is 0.0366. The maximum Gasteiger partial charge on any atom is 0.269 e. The summed E-state index contributed by atoms with van der Waals surface area (Å²) < 4.78 is 0. The number of allylic oxidation sites excluding steroid dienone is 3. The Balaban J connectivity index is 2.18. The summed E-state index contributed by atoms with van der Waals surface area (Å²) in [6.07, 6.45) is 5.79. The van der Waals surface area contributed by atoms with E-state index in [1.807, 2.05) is 18.2 Å². The van der Waals surface area contributed by atoms with E-state index >= 15 is 0 Å². The van der Waals surface area contributed by atoms with Crippen LogP contribution >= 0.6 is 0 Å². The van der Waals surface area contributed by atoms with Gasteiger partial charge < -0.3 is 5.11 Å². The third-order valence-corrected chi connectivity index (χ3v) is 2.57. The summed E-state index contributed by atoms with van der Waals surface area (Å²) in [4.78, 5) is 10.0. The molecule has 82 valence electrons. The molecular weight excluding hydrogens is 206 g/mol. The Kier molecular flexibility index (Phi) is 2.83. The summed E-state index contributed by atoms with van der Waals surface area (Å²) in [5.74, 6) is 0. The summed E-state index contributed by atoms with van der Waals surface area (Å²) in [7, 11) is 0. The molecule has 0 amide bonds. The van der Waals surface area contributed by atoms with E-state index in [9.17, 15) is 15.2 Å². The molecule has 0 saturated carbocycles. The third kappa shape index (κ3) is 2.01. The number of nitro groups is 1. The second kappa shape index (κ2) is 4.28. The van der Waals surface area contributed by atoms with Crippen molar-refractivity contribution in [3.05, 3.63) is 63.7 Å². The number of hydrogen-bond donors (Lipinski definition) is 1. The number of aliphatic hydroxyl groups excluding tert-OH is 1. The number of aliphatic hydroxyl groups is 1. The maximum absolute atomic E-state index is 10.5. The Labute approximate surface area is 92.7 Å². The zero-order valence-electron chi connectivity index (χ0n) is 8.54. The Hall–Kier alpha value is -1.94. The smallest absolute Gasteiger partial charge is 0.269 e. The monoisotopic (exact) mass is 217 g/mol.